The fourth-order valence-electron chi connectivity index (χ4n) is 1.47. The zero-order chi connectivity index (χ0) is 11.7. The van der Waals surface area contributed by atoms with Gasteiger partial charge in [0.15, 0.2) is 0 Å². The molecular weight excluding hydrogens is 370 g/mol. The number of hydrogen-bond acceptors (Lipinski definition) is 3. The Morgan fingerprint density at radius 1 is 1.31 bits per heavy atom. The maximum Gasteiger partial charge on any atom is 0.0761 e. The van der Waals surface area contributed by atoms with Crippen molar-refractivity contribution < 1.29 is 0 Å². The number of rotatable bonds is 3. The van der Waals surface area contributed by atoms with Crippen molar-refractivity contribution in [3.63, 3.8) is 0 Å². The molecule has 0 aliphatic heterocycles. The summed E-state index contributed by atoms with van der Waals surface area (Å²) < 4.78 is 2.22. The minimum Gasteiger partial charge on any atom is -0.320 e. The summed E-state index contributed by atoms with van der Waals surface area (Å²) in [4.78, 5) is 2.61. The fourth-order valence-corrected chi connectivity index (χ4v) is 5.37. The lowest BCUT2D eigenvalue weighted by atomic mass is 10.1. The van der Waals surface area contributed by atoms with Gasteiger partial charge in [-0.15, -0.1) is 22.7 Å². The highest BCUT2D eigenvalue weighted by atomic mass is 79.9. The van der Waals surface area contributed by atoms with Crippen molar-refractivity contribution in [1.29, 1.82) is 0 Å². The van der Waals surface area contributed by atoms with Crippen molar-refractivity contribution in [1.82, 2.24) is 0 Å². The van der Waals surface area contributed by atoms with Crippen LogP contribution in [-0.2, 0) is 6.42 Å². The monoisotopic (exact) mass is 379 g/mol. The summed E-state index contributed by atoms with van der Waals surface area (Å²) in [5.41, 5.74) is 7.42. The van der Waals surface area contributed by atoms with Crippen LogP contribution in [0, 0.1) is 0 Å². The molecule has 2 heterocycles. The number of nitrogens with two attached hydrogens (primary N) is 1. The minimum absolute atomic E-state index is 0.0257. The molecule has 1 nitrogen and oxygen atoms in total. The summed E-state index contributed by atoms with van der Waals surface area (Å²) in [6.07, 6.45) is 1.08. The maximum absolute atomic E-state index is 6.26. The molecule has 16 heavy (non-hydrogen) atoms. The third kappa shape index (κ3) is 2.59. The fraction of sp³-hybridized carbons (Fsp3) is 0.273. The maximum atomic E-state index is 6.26. The van der Waals surface area contributed by atoms with Gasteiger partial charge in [0.05, 0.1) is 13.6 Å². The Hall–Kier alpha value is 0.320. The van der Waals surface area contributed by atoms with E-state index in [2.05, 4.69) is 57.0 Å². The zero-order valence-corrected chi connectivity index (χ0v) is 13.5. The number of aryl methyl sites for hydroxylation is 1. The lowest BCUT2D eigenvalue weighted by Crippen LogP contribution is -2.09. The van der Waals surface area contributed by atoms with Crippen molar-refractivity contribution in [2.24, 2.45) is 5.73 Å². The molecule has 0 saturated heterocycles. The molecule has 5 heteroatoms. The van der Waals surface area contributed by atoms with Crippen LogP contribution in [0.4, 0.5) is 0 Å². The van der Waals surface area contributed by atoms with Gasteiger partial charge in [-0.05, 0) is 56.5 Å². The van der Waals surface area contributed by atoms with Crippen molar-refractivity contribution in [2.75, 3.05) is 0 Å². The number of thiophene rings is 2. The Balaban J connectivity index is 2.31. The average Bonchev–Trinajstić information content (AvgIpc) is 2.84. The Bertz CT molecular complexity index is 490. The van der Waals surface area contributed by atoms with Crippen LogP contribution in [0.1, 0.15) is 28.3 Å². The predicted octanol–water partition coefficient (Wildman–Crippen LogP) is 4.95. The molecule has 0 aromatic carbocycles. The van der Waals surface area contributed by atoms with Crippen LogP contribution in [0.2, 0.25) is 0 Å². The predicted molar refractivity (Wildman–Crippen MR) is 79.4 cm³/mol. The van der Waals surface area contributed by atoms with Crippen LogP contribution >= 0.6 is 54.5 Å². The van der Waals surface area contributed by atoms with Crippen LogP contribution in [-0.4, -0.2) is 0 Å². The van der Waals surface area contributed by atoms with E-state index in [1.807, 2.05) is 0 Å². The third-order valence-electron chi connectivity index (χ3n) is 2.36. The van der Waals surface area contributed by atoms with Gasteiger partial charge in [-0.3, -0.25) is 0 Å². The topological polar surface area (TPSA) is 26.0 Å². The summed E-state index contributed by atoms with van der Waals surface area (Å²) in [6.45, 7) is 2.16. The van der Waals surface area contributed by atoms with Crippen molar-refractivity contribution in [3.8, 4) is 0 Å². The molecule has 2 aromatic heterocycles. The molecule has 0 saturated carbocycles. The largest absolute Gasteiger partial charge is 0.320 e. The van der Waals surface area contributed by atoms with E-state index in [-0.39, 0.29) is 6.04 Å². The summed E-state index contributed by atoms with van der Waals surface area (Å²) >= 11 is 10.5. The van der Waals surface area contributed by atoms with Crippen LogP contribution < -0.4 is 5.73 Å². The summed E-state index contributed by atoms with van der Waals surface area (Å²) in [5.74, 6) is 0. The van der Waals surface area contributed by atoms with Gasteiger partial charge in [-0.2, -0.15) is 0 Å². The van der Waals surface area contributed by atoms with E-state index in [1.165, 1.54) is 9.75 Å². The van der Waals surface area contributed by atoms with Crippen LogP contribution in [0.15, 0.2) is 25.8 Å². The van der Waals surface area contributed by atoms with Gasteiger partial charge in [0.2, 0.25) is 0 Å². The SMILES string of the molecule is CCc1ccc(C(N)c2cc(Br)sc2Br)s1. The molecule has 0 radical (unpaired) electrons. The summed E-state index contributed by atoms with van der Waals surface area (Å²) in [7, 11) is 0. The van der Waals surface area contributed by atoms with Crippen molar-refractivity contribution in [2.45, 2.75) is 19.4 Å². The highest BCUT2D eigenvalue weighted by Crippen LogP contribution is 2.38. The van der Waals surface area contributed by atoms with Crippen LogP contribution in [0.3, 0.4) is 0 Å². The van der Waals surface area contributed by atoms with Gasteiger partial charge in [0.25, 0.3) is 0 Å². The first-order valence-corrected chi connectivity index (χ1v) is 8.12. The molecule has 2 aromatic rings. The van der Waals surface area contributed by atoms with Crippen molar-refractivity contribution >= 4 is 54.5 Å². The Morgan fingerprint density at radius 2 is 2.06 bits per heavy atom. The smallest absolute Gasteiger partial charge is 0.0761 e. The third-order valence-corrected chi connectivity index (χ3v) is 6.05. The molecule has 0 fully saturated rings. The van der Waals surface area contributed by atoms with E-state index in [9.17, 15) is 0 Å². The first-order valence-electron chi connectivity index (χ1n) is 4.90. The quantitative estimate of drug-likeness (QED) is 0.801. The van der Waals surface area contributed by atoms with Gasteiger partial charge in [-0.25, -0.2) is 0 Å². The van der Waals surface area contributed by atoms with Crippen LogP contribution in [0.5, 0.6) is 0 Å². The van der Waals surface area contributed by atoms with Gasteiger partial charge in [0.1, 0.15) is 0 Å². The molecule has 0 aliphatic rings. The number of hydrogen-bond donors (Lipinski definition) is 1. The molecular formula is C11H11Br2NS2. The summed E-state index contributed by atoms with van der Waals surface area (Å²) in [5, 5.41) is 0. The Labute approximate surface area is 120 Å². The standard InChI is InChI=1S/C11H11Br2NS2/c1-2-6-3-4-8(15-6)10(14)7-5-9(12)16-11(7)13/h3-5,10H,2,14H2,1H3. The lowest BCUT2D eigenvalue weighted by Gasteiger charge is -2.07. The molecule has 0 bridgehead atoms. The van der Waals surface area contributed by atoms with Gasteiger partial charge >= 0.3 is 0 Å². The van der Waals surface area contributed by atoms with E-state index >= 15 is 0 Å². The van der Waals surface area contributed by atoms with E-state index < -0.39 is 0 Å². The normalized spacial score (nSPS) is 13.0. The van der Waals surface area contributed by atoms with Gasteiger partial charge in [-0.1, -0.05) is 6.92 Å². The van der Waals surface area contributed by atoms with Crippen LogP contribution in [0.25, 0.3) is 0 Å². The Morgan fingerprint density at radius 3 is 2.56 bits per heavy atom. The van der Waals surface area contributed by atoms with Crippen molar-refractivity contribution in [3.05, 3.63) is 41.1 Å². The molecule has 0 aliphatic carbocycles. The first kappa shape index (κ1) is 12.8. The van der Waals surface area contributed by atoms with E-state index in [4.69, 9.17) is 5.73 Å². The highest BCUT2D eigenvalue weighted by molar-refractivity contribution is 9.12. The highest BCUT2D eigenvalue weighted by Gasteiger charge is 2.16. The molecule has 2 N–H and O–H groups in total. The lowest BCUT2D eigenvalue weighted by molar-refractivity contribution is 0.894. The molecule has 1 atom stereocenters. The van der Waals surface area contributed by atoms with E-state index in [1.54, 1.807) is 22.7 Å². The molecule has 0 amide bonds. The van der Waals surface area contributed by atoms with E-state index in [0.29, 0.717) is 0 Å². The van der Waals surface area contributed by atoms with E-state index in [0.717, 1.165) is 19.6 Å². The molecule has 1 unspecified atom stereocenters. The van der Waals surface area contributed by atoms with Gasteiger partial charge in [0, 0.05) is 15.3 Å². The summed E-state index contributed by atoms with van der Waals surface area (Å²) in [6, 6.07) is 6.36. The minimum atomic E-state index is -0.0257. The number of halogens is 2. The second-order valence-corrected chi connectivity index (χ2v) is 8.36. The Kier molecular flexibility index (Phi) is 4.24. The zero-order valence-electron chi connectivity index (χ0n) is 8.67. The second-order valence-electron chi connectivity index (χ2n) is 3.41. The molecule has 86 valence electrons. The van der Waals surface area contributed by atoms with Gasteiger partial charge < -0.3 is 5.73 Å². The molecule has 0 spiro atoms. The molecule has 2 rings (SSSR count). The first-order chi connectivity index (χ1) is 7.61. The second kappa shape index (κ2) is 5.31. The average molecular weight is 381 g/mol.